The lowest BCUT2D eigenvalue weighted by molar-refractivity contribution is 0.103. The molecule has 1 amide bonds. The number of halogens is 1. The maximum Gasteiger partial charge on any atom is 0.267 e. The van der Waals surface area contributed by atoms with Gasteiger partial charge in [0.05, 0.1) is 15.8 Å². The van der Waals surface area contributed by atoms with Crippen LogP contribution in [0.3, 0.4) is 0 Å². The quantitative estimate of drug-likeness (QED) is 0.451. The highest BCUT2D eigenvalue weighted by Gasteiger charge is 2.14. The highest BCUT2D eigenvalue weighted by Crippen LogP contribution is 2.32. The number of nitrogens with zero attached hydrogens (tertiary/aromatic N) is 1. The third kappa shape index (κ3) is 3.33. The van der Waals surface area contributed by atoms with Crippen LogP contribution in [0.4, 0.5) is 5.13 Å². The average Bonchev–Trinajstić information content (AvgIpc) is 3.32. The zero-order chi connectivity index (χ0) is 17.4. The lowest BCUT2D eigenvalue weighted by Crippen LogP contribution is -2.09. The molecule has 0 bridgehead atoms. The van der Waals surface area contributed by atoms with E-state index in [0.717, 1.165) is 20.5 Å². The van der Waals surface area contributed by atoms with Crippen LogP contribution in [0.15, 0.2) is 50.0 Å². The molecule has 1 N–H and O–H groups in total. The summed E-state index contributed by atoms with van der Waals surface area (Å²) in [5, 5.41) is 6.14. The van der Waals surface area contributed by atoms with E-state index in [4.69, 9.17) is 9.15 Å². The van der Waals surface area contributed by atoms with Crippen LogP contribution < -0.4 is 10.1 Å². The Morgan fingerprint density at radius 1 is 1.28 bits per heavy atom. The van der Waals surface area contributed by atoms with Crippen molar-refractivity contribution in [3.05, 3.63) is 50.4 Å². The summed E-state index contributed by atoms with van der Waals surface area (Å²) < 4.78 is 12.0. The number of amides is 1. The lowest BCUT2D eigenvalue weighted by atomic mass is 10.2. The zero-order valence-electron chi connectivity index (χ0n) is 12.9. The largest absolute Gasteiger partial charge is 0.497 e. The Bertz CT molecular complexity index is 1070. The van der Waals surface area contributed by atoms with Crippen molar-refractivity contribution in [2.24, 2.45) is 0 Å². The molecule has 4 rings (SSSR count). The first-order valence-electron chi connectivity index (χ1n) is 7.22. The summed E-state index contributed by atoms with van der Waals surface area (Å²) in [6.07, 6.45) is 0. The first kappa shape index (κ1) is 16.3. The van der Waals surface area contributed by atoms with Crippen molar-refractivity contribution >= 4 is 60.6 Å². The van der Waals surface area contributed by atoms with E-state index in [1.54, 1.807) is 13.2 Å². The summed E-state index contributed by atoms with van der Waals surface area (Å²) in [6, 6.07) is 11.1. The van der Waals surface area contributed by atoms with Gasteiger partial charge in [0.1, 0.15) is 17.0 Å². The fourth-order valence-corrected chi connectivity index (χ4v) is 4.29. The van der Waals surface area contributed by atoms with Crippen molar-refractivity contribution in [3.63, 3.8) is 0 Å². The molecule has 126 valence electrons. The molecule has 0 aliphatic rings. The number of carbonyl (C=O) groups excluding carboxylic acids is 1. The van der Waals surface area contributed by atoms with E-state index in [2.05, 4.69) is 26.2 Å². The van der Waals surface area contributed by atoms with Gasteiger partial charge in [0, 0.05) is 10.8 Å². The lowest BCUT2D eigenvalue weighted by Gasteiger charge is -1.97. The number of fused-ring (bicyclic) bond motifs is 1. The predicted molar refractivity (Wildman–Crippen MR) is 104 cm³/mol. The standard InChI is InChI=1S/C17H11BrN2O3S2/c1-22-10-2-3-12-9(6-10)7-13(23-12)11-8-24-17(19-11)20-16(21)14-4-5-15(18)25-14/h2-8H,1H3,(H,19,20,21). The van der Waals surface area contributed by atoms with Gasteiger partial charge in [-0.2, -0.15) is 0 Å². The Balaban J connectivity index is 1.57. The third-order valence-corrected chi connectivity index (χ3v) is 5.88. The highest BCUT2D eigenvalue weighted by atomic mass is 79.9. The van der Waals surface area contributed by atoms with Gasteiger partial charge in [-0.25, -0.2) is 4.98 Å². The number of thiophene rings is 1. The van der Waals surface area contributed by atoms with E-state index in [1.165, 1.54) is 22.7 Å². The molecule has 0 aliphatic carbocycles. The molecule has 8 heteroatoms. The molecule has 0 radical (unpaired) electrons. The second kappa shape index (κ2) is 6.62. The Morgan fingerprint density at radius 3 is 2.92 bits per heavy atom. The third-order valence-electron chi connectivity index (χ3n) is 3.50. The Morgan fingerprint density at radius 2 is 2.16 bits per heavy atom. The van der Waals surface area contributed by atoms with Crippen molar-refractivity contribution in [3.8, 4) is 17.2 Å². The van der Waals surface area contributed by atoms with Gasteiger partial charge < -0.3 is 9.15 Å². The molecule has 1 aromatic carbocycles. The molecule has 4 aromatic rings. The van der Waals surface area contributed by atoms with Crippen molar-refractivity contribution in [2.45, 2.75) is 0 Å². The summed E-state index contributed by atoms with van der Waals surface area (Å²) in [5.74, 6) is 1.25. The molecule has 0 saturated carbocycles. The highest BCUT2D eigenvalue weighted by molar-refractivity contribution is 9.11. The molecule has 25 heavy (non-hydrogen) atoms. The molecule has 5 nitrogen and oxygen atoms in total. The van der Waals surface area contributed by atoms with Gasteiger partial charge in [0.15, 0.2) is 10.9 Å². The summed E-state index contributed by atoms with van der Waals surface area (Å²) in [5.41, 5.74) is 1.45. The Labute approximate surface area is 159 Å². The summed E-state index contributed by atoms with van der Waals surface area (Å²) in [4.78, 5) is 17.3. The molecule has 3 heterocycles. The van der Waals surface area contributed by atoms with Gasteiger partial charge in [-0.3, -0.25) is 10.1 Å². The van der Waals surface area contributed by atoms with Crippen LogP contribution >= 0.6 is 38.6 Å². The first-order valence-corrected chi connectivity index (χ1v) is 9.71. The second-order valence-electron chi connectivity index (χ2n) is 5.11. The number of anilines is 1. The number of thiazole rings is 1. The average molecular weight is 435 g/mol. The minimum atomic E-state index is -0.175. The maximum absolute atomic E-state index is 12.2. The Hall–Kier alpha value is -2.16. The second-order valence-corrected chi connectivity index (χ2v) is 8.43. The number of carbonyl (C=O) groups is 1. The van der Waals surface area contributed by atoms with Crippen LogP contribution in [-0.4, -0.2) is 18.0 Å². The predicted octanol–water partition coefficient (Wildman–Crippen LogP) is 5.64. The fourth-order valence-electron chi connectivity index (χ4n) is 2.31. The topological polar surface area (TPSA) is 64.4 Å². The normalized spacial score (nSPS) is 11.0. The molecular formula is C17H11BrN2O3S2. The number of nitrogens with one attached hydrogen (secondary N) is 1. The zero-order valence-corrected chi connectivity index (χ0v) is 16.1. The maximum atomic E-state index is 12.2. The van der Waals surface area contributed by atoms with Gasteiger partial charge in [0.2, 0.25) is 0 Å². The number of ether oxygens (including phenoxy) is 1. The van der Waals surface area contributed by atoms with E-state index in [0.29, 0.717) is 21.5 Å². The van der Waals surface area contributed by atoms with Gasteiger partial charge in [0.25, 0.3) is 5.91 Å². The van der Waals surface area contributed by atoms with Crippen molar-refractivity contribution in [2.75, 3.05) is 12.4 Å². The first-order chi connectivity index (χ1) is 12.1. The molecule has 0 saturated heterocycles. The summed E-state index contributed by atoms with van der Waals surface area (Å²) >= 11 is 6.08. The van der Waals surface area contributed by atoms with Crippen LogP contribution in [0.1, 0.15) is 9.67 Å². The van der Waals surface area contributed by atoms with E-state index in [9.17, 15) is 4.79 Å². The number of methoxy groups -OCH3 is 1. The number of rotatable bonds is 4. The van der Waals surface area contributed by atoms with E-state index in [1.807, 2.05) is 35.7 Å². The minimum absolute atomic E-state index is 0.175. The van der Waals surface area contributed by atoms with Crippen molar-refractivity contribution in [1.29, 1.82) is 0 Å². The number of benzene rings is 1. The van der Waals surface area contributed by atoms with Gasteiger partial charge >= 0.3 is 0 Å². The van der Waals surface area contributed by atoms with Gasteiger partial charge in [-0.05, 0) is 52.3 Å². The van der Waals surface area contributed by atoms with Crippen molar-refractivity contribution in [1.82, 2.24) is 4.98 Å². The smallest absolute Gasteiger partial charge is 0.267 e. The number of aromatic nitrogens is 1. The summed E-state index contributed by atoms with van der Waals surface area (Å²) in [6.45, 7) is 0. The SMILES string of the molecule is COc1ccc2oc(-c3csc(NC(=O)c4ccc(Br)s4)n3)cc2c1. The molecule has 0 unspecified atom stereocenters. The molecule has 0 atom stereocenters. The molecule has 3 aromatic heterocycles. The molecule has 0 fully saturated rings. The number of hydrogen-bond donors (Lipinski definition) is 1. The molecule has 0 spiro atoms. The van der Waals surface area contributed by atoms with Crippen LogP contribution in [0.2, 0.25) is 0 Å². The number of furan rings is 1. The van der Waals surface area contributed by atoms with Crippen LogP contribution in [0, 0.1) is 0 Å². The molecular weight excluding hydrogens is 424 g/mol. The monoisotopic (exact) mass is 434 g/mol. The summed E-state index contributed by atoms with van der Waals surface area (Å²) in [7, 11) is 1.63. The van der Waals surface area contributed by atoms with Crippen LogP contribution in [-0.2, 0) is 0 Å². The van der Waals surface area contributed by atoms with Crippen molar-refractivity contribution < 1.29 is 13.9 Å². The number of hydrogen-bond acceptors (Lipinski definition) is 6. The van der Waals surface area contributed by atoms with Crippen LogP contribution in [0.5, 0.6) is 5.75 Å². The van der Waals surface area contributed by atoms with E-state index < -0.39 is 0 Å². The minimum Gasteiger partial charge on any atom is -0.497 e. The van der Waals surface area contributed by atoms with E-state index in [-0.39, 0.29) is 5.91 Å². The van der Waals surface area contributed by atoms with Gasteiger partial charge in [-0.15, -0.1) is 22.7 Å². The fraction of sp³-hybridized carbons (Fsp3) is 0.0588. The Kier molecular flexibility index (Phi) is 4.32. The van der Waals surface area contributed by atoms with Gasteiger partial charge in [-0.1, -0.05) is 0 Å². The molecule has 0 aliphatic heterocycles. The van der Waals surface area contributed by atoms with E-state index >= 15 is 0 Å². The van der Waals surface area contributed by atoms with Crippen LogP contribution in [0.25, 0.3) is 22.4 Å².